The second-order valence-electron chi connectivity index (χ2n) is 10.2. The summed E-state index contributed by atoms with van der Waals surface area (Å²) >= 11 is 1.54. The normalized spacial score (nSPS) is 16.0. The number of ether oxygens (including phenoxy) is 1. The zero-order chi connectivity index (χ0) is 26.0. The Morgan fingerprint density at radius 2 is 1.81 bits per heavy atom. The van der Waals surface area contributed by atoms with Gasteiger partial charge in [0, 0.05) is 22.7 Å². The van der Waals surface area contributed by atoms with Crippen LogP contribution in [-0.4, -0.2) is 47.0 Å². The van der Waals surface area contributed by atoms with Gasteiger partial charge >= 0.3 is 0 Å². The maximum atomic E-state index is 13.6. The number of hydrogen-bond donors (Lipinski definition) is 1. The molecule has 0 saturated heterocycles. The number of carbonyl (C=O) groups excluding carboxylic acids is 2. The first-order valence-corrected chi connectivity index (χ1v) is 13.2. The highest BCUT2D eigenvalue weighted by Gasteiger charge is 2.40. The van der Waals surface area contributed by atoms with Crippen LogP contribution in [0.1, 0.15) is 51.0 Å². The molecule has 0 saturated carbocycles. The molecule has 1 N–H and O–H groups in total. The molecule has 2 heterocycles. The summed E-state index contributed by atoms with van der Waals surface area (Å²) < 4.78 is 7.64. The van der Waals surface area contributed by atoms with Crippen molar-refractivity contribution in [1.82, 2.24) is 15.1 Å². The average molecular weight is 507 g/mol. The fourth-order valence-electron chi connectivity index (χ4n) is 4.44. The summed E-state index contributed by atoms with van der Waals surface area (Å²) in [7, 11) is 1.66. The third-order valence-corrected chi connectivity index (χ3v) is 7.18. The third-order valence-electron chi connectivity index (χ3n) is 5.94. The molecule has 7 nitrogen and oxygen atoms in total. The summed E-state index contributed by atoms with van der Waals surface area (Å²) in [5.41, 5.74) is 3.20. The van der Waals surface area contributed by atoms with Gasteiger partial charge in [0.2, 0.25) is 11.8 Å². The molecule has 1 aliphatic rings. The molecule has 1 aromatic heterocycles. The van der Waals surface area contributed by atoms with Gasteiger partial charge in [-0.2, -0.15) is 5.10 Å². The highest BCUT2D eigenvalue weighted by molar-refractivity contribution is 8.00. The molecule has 1 atom stereocenters. The number of fused-ring (bicyclic) bond motifs is 1. The van der Waals surface area contributed by atoms with E-state index < -0.39 is 5.54 Å². The van der Waals surface area contributed by atoms with Crippen LogP contribution < -0.4 is 15.0 Å². The molecule has 2 aromatic carbocycles. The van der Waals surface area contributed by atoms with E-state index in [1.807, 2.05) is 73.1 Å². The molecular weight excluding hydrogens is 472 g/mol. The first-order valence-electron chi connectivity index (χ1n) is 12.1. The highest BCUT2D eigenvalue weighted by Crippen LogP contribution is 2.50. The minimum atomic E-state index is -0.440. The molecule has 190 valence electrons. The number of hydrogen-bond acceptors (Lipinski definition) is 5. The molecule has 2 amide bonds. The number of anilines is 1. The number of thioether (sulfide) groups is 1. The lowest BCUT2D eigenvalue weighted by Gasteiger charge is -2.29. The molecule has 1 unspecified atom stereocenters. The molecule has 3 aromatic rings. The van der Waals surface area contributed by atoms with E-state index in [0.29, 0.717) is 5.82 Å². The average Bonchev–Trinajstić information content (AvgIpc) is 3.18. The largest absolute Gasteiger partial charge is 0.496 e. The highest BCUT2D eigenvalue weighted by atomic mass is 32.2. The van der Waals surface area contributed by atoms with Crippen molar-refractivity contribution in [2.24, 2.45) is 0 Å². The van der Waals surface area contributed by atoms with Crippen molar-refractivity contribution in [1.29, 1.82) is 0 Å². The zero-order valence-electron chi connectivity index (χ0n) is 21.7. The summed E-state index contributed by atoms with van der Waals surface area (Å²) in [5.74, 6) is 1.31. The van der Waals surface area contributed by atoms with Crippen molar-refractivity contribution in [3.63, 3.8) is 0 Å². The van der Waals surface area contributed by atoms with E-state index in [9.17, 15) is 9.59 Å². The van der Waals surface area contributed by atoms with Crippen LogP contribution in [0.25, 0.3) is 11.3 Å². The predicted molar refractivity (Wildman–Crippen MR) is 146 cm³/mol. The van der Waals surface area contributed by atoms with Crippen LogP contribution in [0.4, 0.5) is 5.82 Å². The van der Waals surface area contributed by atoms with Crippen LogP contribution in [-0.2, 0) is 15.1 Å². The van der Waals surface area contributed by atoms with Crippen molar-refractivity contribution >= 4 is 29.4 Å². The van der Waals surface area contributed by atoms with Gasteiger partial charge in [-0.05, 0) is 40.7 Å². The topological polar surface area (TPSA) is 76.5 Å². The smallest absolute Gasteiger partial charge is 0.240 e. The lowest BCUT2D eigenvalue weighted by Crippen LogP contribution is -2.45. The van der Waals surface area contributed by atoms with E-state index in [4.69, 9.17) is 9.84 Å². The Morgan fingerprint density at radius 3 is 2.44 bits per heavy atom. The standard InChI is InChI=1S/C28H34N4O3S/c1-18(2)29-22(33)16-31-23(34)17-36-26(20-14-10-11-15-21(20)35-6)24-25(19-12-8-7-9-13-19)30-32(27(24)31)28(3,4)5/h7-15,18,26H,16-17H2,1-6H3,(H,29,33). The molecule has 8 heteroatoms. The fourth-order valence-corrected chi connectivity index (χ4v) is 5.66. The van der Waals surface area contributed by atoms with Crippen LogP contribution in [0.5, 0.6) is 5.75 Å². The van der Waals surface area contributed by atoms with Gasteiger partial charge in [0.05, 0.1) is 29.3 Å². The molecule has 0 bridgehead atoms. The summed E-state index contributed by atoms with van der Waals surface area (Å²) in [6, 6.07) is 17.9. The predicted octanol–water partition coefficient (Wildman–Crippen LogP) is 5.01. The van der Waals surface area contributed by atoms with Gasteiger partial charge in [-0.15, -0.1) is 11.8 Å². The number of methoxy groups -OCH3 is 1. The first-order chi connectivity index (χ1) is 17.1. The van der Waals surface area contributed by atoms with Crippen LogP contribution in [0.2, 0.25) is 0 Å². The Bertz CT molecular complexity index is 1250. The summed E-state index contributed by atoms with van der Waals surface area (Å²) in [6.45, 7) is 9.92. The summed E-state index contributed by atoms with van der Waals surface area (Å²) in [6.07, 6.45) is 0. The van der Waals surface area contributed by atoms with E-state index in [-0.39, 0.29) is 35.4 Å². The lowest BCUT2D eigenvalue weighted by molar-refractivity contribution is -0.123. The zero-order valence-corrected chi connectivity index (χ0v) is 22.6. The van der Waals surface area contributed by atoms with E-state index in [1.54, 1.807) is 12.0 Å². The molecule has 0 spiro atoms. The Labute approximate surface area is 217 Å². The van der Waals surface area contributed by atoms with E-state index >= 15 is 0 Å². The lowest BCUT2D eigenvalue weighted by atomic mass is 9.98. The first kappa shape index (κ1) is 25.8. The number of aromatic nitrogens is 2. The molecule has 4 rings (SSSR count). The monoisotopic (exact) mass is 506 g/mol. The Balaban J connectivity index is 2.02. The molecule has 36 heavy (non-hydrogen) atoms. The number of nitrogens with zero attached hydrogens (tertiary/aromatic N) is 3. The van der Waals surface area contributed by atoms with Crippen LogP contribution in [0.15, 0.2) is 54.6 Å². The number of benzene rings is 2. The van der Waals surface area contributed by atoms with Crippen molar-refractivity contribution in [2.45, 2.75) is 51.4 Å². The number of para-hydroxylation sites is 1. The van der Waals surface area contributed by atoms with Crippen molar-refractivity contribution in [2.75, 3.05) is 24.3 Å². The van der Waals surface area contributed by atoms with Gasteiger partial charge in [-0.1, -0.05) is 48.5 Å². The van der Waals surface area contributed by atoms with E-state index in [0.717, 1.165) is 28.1 Å². The Kier molecular flexibility index (Phi) is 7.45. The van der Waals surface area contributed by atoms with E-state index in [2.05, 4.69) is 26.1 Å². The van der Waals surface area contributed by atoms with Gasteiger partial charge in [0.25, 0.3) is 0 Å². The molecular formula is C28H34N4O3S. The Hall–Kier alpha value is -3.26. The van der Waals surface area contributed by atoms with Crippen LogP contribution in [0, 0.1) is 0 Å². The van der Waals surface area contributed by atoms with Crippen LogP contribution >= 0.6 is 11.8 Å². The minimum absolute atomic E-state index is 0.0258. The third kappa shape index (κ3) is 5.14. The fraction of sp³-hybridized carbons (Fsp3) is 0.393. The number of rotatable bonds is 6. The SMILES string of the molecule is COc1ccccc1C1SCC(=O)N(CC(=O)NC(C)C)c2c1c(-c1ccccc1)nn2C(C)(C)C. The maximum absolute atomic E-state index is 13.6. The molecule has 0 fully saturated rings. The van der Waals surface area contributed by atoms with Crippen molar-refractivity contribution in [3.05, 3.63) is 65.7 Å². The number of amides is 2. The Morgan fingerprint density at radius 1 is 1.14 bits per heavy atom. The van der Waals surface area contributed by atoms with Gasteiger partial charge in [0.1, 0.15) is 18.1 Å². The summed E-state index contributed by atoms with van der Waals surface area (Å²) in [5, 5.41) is 7.81. The number of nitrogens with one attached hydrogen (secondary N) is 1. The molecule has 1 aliphatic heterocycles. The van der Waals surface area contributed by atoms with Crippen molar-refractivity contribution in [3.8, 4) is 17.0 Å². The minimum Gasteiger partial charge on any atom is -0.496 e. The summed E-state index contributed by atoms with van der Waals surface area (Å²) in [4.78, 5) is 28.1. The van der Waals surface area contributed by atoms with E-state index in [1.165, 1.54) is 11.8 Å². The van der Waals surface area contributed by atoms with Gasteiger partial charge < -0.3 is 10.1 Å². The quantitative estimate of drug-likeness (QED) is 0.509. The van der Waals surface area contributed by atoms with Crippen LogP contribution in [0.3, 0.4) is 0 Å². The van der Waals surface area contributed by atoms with Gasteiger partial charge in [0.15, 0.2) is 0 Å². The van der Waals surface area contributed by atoms with Gasteiger partial charge in [-0.25, -0.2) is 4.68 Å². The molecule has 0 radical (unpaired) electrons. The second kappa shape index (κ2) is 10.4. The second-order valence-corrected chi connectivity index (χ2v) is 11.3. The number of carbonyl (C=O) groups is 2. The van der Waals surface area contributed by atoms with Gasteiger partial charge in [-0.3, -0.25) is 14.5 Å². The molecule has 0 aliphatic carbocycles. The maximum Gasteiger partial charge on any atom is 0.240 e. The van der Waals surface area contributed by atoms with Crippen molar-refractivity contribution < 1.29 is 14.3 Å².